The Labute approximate surface area is 198 Å². The number of aromatic nitrogens is 2. The van der Waals surface area contributed by atoms with E-state index in [1.54, 1.807) is 35.1 Å². The molecule has 0 saturated carbocycles. The zero-order chi connectivity index (χ0) is 23.9. The van der Waals surface area contributed by atoms with Crippen molar-refractivity contribution >= 4 is 17.5 Å². The number of rotatable bonds is 8. The smallest absolute Gasteiger partial charge is 0.259 e. The van der Waals surface area contributed by atoms with Gasteiger partial charge in [0.1, 0.15) is 11.4 Å². The number of ether oxygens (including phenoxy) is 1. The summed E-state index contributed by atoms with van der Waals surface area (Å²) in [5.74, 6) is -0.00221. The van der Waals surface area contributed by atoms with Gasteiger partial charge in [-0.3, -0.25) is 9.59 Å². The van der Waals surface area contributed by atoms with Gasteiger partial charge in [0.2, 0.25) is 0 Å². The molecule has 34 heavy (non-hydrogen) atoms. The molecule has 0 saturated heterocycles. The van der Waals surface area contributed by atoms with Crippen LogP contribution in [0.5, 0.6) is 5.75 Å². The fourth-order valence-corrected chi connectivity index (χ4v) is 3.55. The highest BCUT2D eigenvalue weighted by molar-refractivity contribution is 6.08. The highest BCUT2D eigenvalue weighted by Crippen LogP contribution is 2.28. The predicted molar refractivity (Wildman–Crippen MR) is 132 cm³/mol. The monoisotopic (exact) mass is 454 g/mol. The van der Waals surface area contributed by atoms with Crippen molar-refractivity contribution in [2.45, 2.75) is 13.8 Å². The molecule has 0 aliphatic rings. The number of carbonyl (C=O) groups excluding carboxylic acids is 2. The van der Waals surface area contributed by atoms with Crippen LogP contribution >= 0.6 is 0 Å². The summed E-state index contributed by atoms with van der Waals surface area (Å²) in [6.45, 7) is 4.29. The molecule has 1 aromatic heterocycles. The molecule has 172 valence electrons. The van der Waals surface area contributed by atoms with Gasteiger partial charge < -0.3 is 15.4 Å². The maximum Gasteiger partial charge on any atom is 0.259 e. The highest BCUT2D eigenvalue weighted by atomic mass is 16.5. The SMILES string of the molecule is CCNC(=O)COc1cccc(NC(=O)c2cn(-c3ccccc3)nc2-c2ccccc2C)c1. The molecule has 0 aliphatic heterocycles. The second-order valence-electron chi connectivity index (χ2n) is 7.71. The van der Waals surface area contributed by atoms with Crippen molar-refractivity contribution in [3.8, 4) is 22.7 Å². The highest BCUT2D eigenvalue weighted by Gasteiger charge is 2.20. The van der Waals surface area contributed by atoms with E-state index in [1.807, 2.05) is 68.4 Å². The number of anilines is 1. The van der Waals surface area contributed by atoms with Crippen molar-refractivity contribution < 1.29 is 14.3 Å². The van der Waals surface area contributed by atoms with Crippen LogP contribution < -0.4 is 15.4 Å². The first-order chi connectivity index (χ1) is 16.5. The quantitative estimate of drug-likeness (QED) is 0.407. The first kappa shape index (κ1) is 22.8. The molecular weight excluding hydrogens is 428 g/mol. The van der Waals surface area contributed by atoms with E-state index in [0.29, 0.717) is 29.2 Å². The summed E-state index contributed by atoms with van der Waals surface area (Å²) in [6, 6.07) is 24.5. The Morgan fingerprint density at radius 3 is 2.50 bits per heavy atom. The zero-order valence-corrected chi connectivity index (χ0v) is 19.1. The third-order valence-electron chi connectivity index (χ3n) is 5.22. The topological polar surface area (TPSA) is 85.3 Å². The first-order valence-electron chi connectivity index (χ1n) is 11.1. The maximum absolute atomic E-state index is 13.4. The van der Waals surface area contributed by atoms with Crippen LogP contribution in [0.25, 0.3) is 16.9 Å². The fraction of sp³-hybridized carbons (Fsp3) is 0.148. The summed E-state index contributed by atoms with van der Waals surface area (Å²) in [7, 11) is 0. The van der Waals surface area contributed by atoms with Crippen LogP contribution in [0.2, 0.25) is 0 Å². The minimum Gasteiger partial charge on any atom is -0.484 e. The maximum atomic E-state index is 13.4. The minimum atomic E-state index is -0.290. The van der Waals surface area contributed by atoms with Gasteiger partial charge in [0.05, 0.1) is 11.3 Å². The molecule has 4 aromatic rings. The Morgan fingerprint density at radius 2 is 1.74 bits per heavy atom. The molecule has 0 bridgehead atoms. The van der Waals surface area contributed by atoms with Gasteiger partial charge in [-0.05, 0) is 43.7 Å². The van der Waals surface area contributed by atoms with E-state index in [9.17, 15) is 9.59 Å². The molecule has 0 fully saturated rings. The number of carbonyl (C=O) groups is 2. The number of amides is 2. The second kappa shape index (κ2) is 10.5. The van der Waals surface area contributed by atoms with E-state index >= 15 is 0 Å². The van der Waals surface area contributed by atoms with Crippen LogP contribution in [0, 0.1) is 6.92 Å². The van der Waals surface area contributed by atoms with Gasteiger partial charge in [0.25, 0.3) is 11.8 Å². The molecule has 0 atom stereocenters. The van der Waals surface area contributed by atoms with Crippen LogP contribution in [0.3, 0.4) is 0 Å². The predicted octanol–water partition coefficient (Wildman–Crippen LogP) is 4.61. The van der Waals surface area contributed by atoms with Gasteiger partial charge in [-0.25, -0.2) is 4.68 Å². The van der Waals surface area contributed by atoms with Gasteiger partial charge in [-0.15, -0.1) is 0 Å². The van der Waals surface area contributed by atoms with Crippen molar-refractivity contribution in [1.82, 2.24) is 15.1 Å². The van der Waals surface area contributed by atoms with Crippen LogP contribution in [0.15, 0.2) is 85.1 Å². The molecule has 0 aliphatic carbocycles. The summed E-state index contributed by atoms with van der Waals surface area (Å²) in [6.07, 6.45) is 1.74. The van der Waals surface area contributed by atoms with E-state index in [4.69, 9.17) is 9.84 Å². The number of likely N-dealkylation sites (N-methyl/N-ethyl adjacent to an activating group) is 1. The minimum absolute atomic E-state index is 0.0908. The Kier molecular flexibility index (Phi) is 7.03. The molecule has 0 radical (unpaired) electrons. The van der Waals surface area contributed by atoms with Gasteiger partial charge >= 0.3 is 0 Å². The van der Waals surface area contributed by atoms with E-state index in [-0.39, 0.29) is 18.4 Å². The number of hydrogen-bond donors (Lipinski definition) is 2. The summed E-state index contributed by atoms with van der Waals surface area (Å²) >= 11 is 0. The summed E-state index contributed by atoms with van der Waals surface area (Å²) in [5.41, 5.74) is 4.38. The third kappa shape index (κ3) is 5.32. The van der Waals surface area contributed by atoms with E-state index in [1.165, 1.54) is 0 Å². The molecule has 7 nitrogen and oxygen atoms in total. The van der Waals surface area contributed by atoms with E-state index < -0.39 is 0 Å². The van der Waals surface area contributed by atoms with Gasteiger partial charge in [0.15, 0.2) is 6.61 Å². The Hall–Kier alpha value is -4.39. The number of para-hydroxylation sites is 1. The van der Waals surface area contributed by atoms with Crippen molar-refractivity contribution in [3.63, 3.8) is 0 Å². The van der Waals surface area contributed by atoms with Crippen LogP contribution in [0.1, 0.15) is 22.8 Å². The lowest BCUT2D eigenvalue weighted by Gasteiger charge is -2.10. The van der Waals surface area contributed by atoms with Crippen molar-refractivity contribution in [1.29, 1.82) is 0 Å². The molecular formula is C27H26N4O3. The van der Waals surface area contributed by atoms with Crippen LogP contribution in [0.4, 0.5) is 5.69 Å². The molecule has 0 unspecified atom stereocenters. The average Bonchev–Trinajstić information content (AvgIpc) is 3.30. The lowest BCUT2D eigenvalue weighted by Crippen LogP contribution is -2.28. The molecule has 4 rings (SSSR count). The normalized spacial score (nSPS) is 10.5. The van der Waals surface area contributed by atoms with Crippen molar-refractivity contribution in [2.24, 2.45) is 0 Å². The first-order valence-corrected chi connectivity index (χ1v) is 11.1. The molecule has 2 N–H and O–H groups in total. The van der Waals surface area contributed by atoms with Crippen LogP contribution in [-0.4, -0.2) is 34.7 Å². The standard InChI is InChI=1S/C27H26N4O3/c1-3-28-25(32)18-34-22-14-9-11-20(16-22)29-27(33)24-17-31(21-12-5-4-6-13-21)30-26(24)23-15-8-7-10-19(23)2/h4-17H,3,18H2,1-2H3,(H,28,32)(H,29,33). The largest absolute Gasteiger partial charge is 0.484 e. The summed E-state index contributed by atoms with van der Waals surface area (Å²) < 4.78 is 7.25. The van der Waals surface area contributed by atoms with Crippen LogP contribution in [-0.2, 0) is 4.79 Å². The van der Waals surface area contributed by atoms with Gasteiger partial charge in [-0.1, -0.05) is 48.5 Å². The number of aryl methyl sites for hydroxylation is 1. The zero-order valence-electron chi connectivity index (χ0n) is 19.1. The molecule has 7 heteroatoms. The molecule has 0 spiro atoms. The summed E-state index contributed by atoms with van der Waals surface area (Å²) in [4.78, 5) is 25.0. The average molecular weight is 455 g/mol. The molecule has 3 aromatic carbocycles. The fourth-order valence-electron chi connectivity index (χ4n) is 3.55. The molecule has 1 heterocycles. The van der Waals surface area contributed by atoms with E-state index in [2.05, 4.69) is 10.6 Å². The number of hydrogen-bond acceptors (Lipinski definition) is 4. The number of nitrogens with one attached hydrogen (secondary N) is 2. The number of benzene rings is 3. The Bertz CT molecular complexity index is 1300. The van der Waals surface area contributed by atoms with Crippen molar-refractivity contribution in [2.75, 3.05) is 18.5 Å². The van der Waals surface area contributed by atoms with E-state index in [0.717, 1.165) is 16.8 Å². The molecule has 2 amide bonds. The lowest BCUT2D eigenvalue weighted by molar-refractivity contribution is -0.122. The second-order valence-corrected chi connectivity index (χ2v) is 7.71. The summed E-state index contributed by atoms with van der Waals surface area (Å²) in [5, 5.41) is 10.4. The lowest BCUT2D eigenvalue weighted by atomic mass is 10.0. The van der Waals surface area contributed by atoms with Gasteiger partial charge in [-0.2, -0.15) is 5.10 Å². The third-order valence-corrected chi connectivity index (χ3v) is 5.22. The van der Waals surface area contributed by atoms with Crippen molar-refractivity contribution in [3.05, 3.63) is 96.2 Å². The Balaban J connectivity index is 1.62. The Morgan fingerprint density at radius 1 is 0.971 bits per heavy atom. The number of nitrogens with zero attached hydrogens (tertiary/aromatic N) is 2. The van der Waals surface area contributed by atoms with Gasteiger partial charge in [0, 0.05) is 30.1 Å².